The Morgan fingerprint density at radius 2 is 2.00 bits per heavy atom. The van der Waals surface area contributed by atoms with E-state index in [0.29, 0.717) is 33.1 Å². The summed E-state index contributed by atoms with van der Waals surface area (Å²) < 4.78 is 13.8. The minimum atomic E-state index is 0.472. The molecule has 3 nitrogen and oxygen atoms in total. The van der Waals surface area contributed by atoms with Gasteiger partial charge in [0, 0.05) is 5.56 Å². The second-order valence-corrected chi connectivity index (χ2v) is 5.22. The Bertz CT molecular complexity index is 499. The molecule has 0 bridgehead atoms. The third-order valence-electron chi connectivity index (χ3n) is 1.97. The van der Waals surface area contributed by atoms with Crippen molar-refractivity contribution in [3.63, 3.8) is 0 Å². The number of hydrogen-bond acceptors (Lipinski definition) is 5. The molecule has 17 heavy (non-hydrogen) atoms. The molecule has 0 unspecified atom stereocenters. The van der Waals surface area contributed by atoms with Crippen LogP contribution >= 0.6 is 46.7 Å². The van der Waals surface area contributed by atoms with Gasteiger partial charge < -0.3 is 4.74 Å². The number of benzene rings is 1. The quantitative estimate of drug-likeness (QED) is 0.793. The summed E-state index contributed by atoms with van der Waals surface area (Å²) in [5.41, 5.74) is 1.26. The zero-order chi connectivity index (χ0) is 12.3. The van der Waals surface area contributed by atoms with Crippen molar-refractivity contribution >= 4 is 46.7 Å². The summed E-state index contributed by atoms with van der Waals surface area (Å²) in [6, 6.07) is 5.32. The summed E-state index contributed by atoms with van der Waals surface area (Å²) in [7, 11) is 0. The molecular weight excluding hydrogens is 299 g/mol. The Balaban J connectivity index is 2.43. The Labute approximate surface area is 117 Å². The Morgan fingerprint density at radius 1 is 1.29 bits per heavy atom. The number of nitrogens with zero attached hydrogens (tertiary/aromatic N) is 2. The van der Waals surface area contributed by atoms with Gasteiger partial charge in [-0.2, -0.15) is 4.37 Å². The Kier molecular flexibility index (Phi) is 4.50. The van der Waals surface area contributed by atoms with Crippen molar-refractivity contribution in [2.75, 3.05) is 12.2 Å². The van der Waals surface area contributed by atoms with Crippen molar-refractivity contribution in [1.82, 2.24) is 8.75 Å². The van der Waals surface area contributed by atoms with Crippen LogP contribution in [0.5, 0.6) is 5.88 Å². The molecule has 0 aliphatic carbocycles. The largest absolute Gasteiger partial charge is 0.464 e. The average Bonchev–Trinajstić information content (AvgIpc) is 2.74. The smallest absolute Gasteiger partial charge is 0.254 e. The van der Waals surface area contributed by atoms with E-state index < -0.39 is 0 Å². The highest BCUT2D eigenvalue weighted by Crippen LogP contribution is 2.38. The van der Waals surface area contributed by atoms with Gasteiger partial charge in [-0.3, -0.25) is 0 Å². The van der Waals surface area contributed by atoms with Gasteiger partial charge in [0.25, 0.3) is 5.88 Å². The molecule has 1 aromatic carbocycles. The van der Waals surface area contributed by atoms with E-state index >= 15 is 0 Å². The minimum Gasteiger partial charge on any atom is -0.464 e. The van der Waals surface area contributed by atoms with E-state index in [2.05, 4.69) is 8.75 Å². The van der Waals surface area contributed by atoms with Gasteiger partial charge in [0.2, 0.25) is 0 Å². The van der Waals surface area contributed by atoms with Crippen molar-refractivity contribution in [1.29, 1.82) is 0 Å². The fourth-order valence-electron chi connectivity index (χ4n) is 1.27. The first kappa shape index (κ1) is 13.0. The first-order valence-corrected chi connectivity index (χ1v) is 7.50. The fourth-order valence-corrected chi connectivity index (χ4v) is 2.58. The van der Waals surface area contributed by atoms with Crippen LogP contribution in [0.2, 0.25) is 10.0 Å². The van der Waals surface area contributed by atoms with Crippen LogP contribution in [0.3, 0.4) is 0 Å². The van der Waals surface area contributed by atoms with E-state index in [-0.39, 0.29) is 0 Å². The monoisotopic (exact) mass is 306 g/mol. The number of ether oxygens (including phenoxy) is 1. The van der Waals surface area contributed by atoms with Crippen molar-refractivity contribution in [2.45, 2.75) is 0 Å². The van der Waals surface area contributed by atoms with Crippen LogP contribution in [0.25, 0.3) is 11.3 Å². The lowest BCUT2D eigenvalue weighted by molar-refractivity contribution is 0.383. The molecule has 0 amide bonds. The highest BCUT2D eigenvalue weighted by Gasteiger charge is 2.17. The van der Waals surface area contributed by atoms with Gasteiger partial charge in [-0.25, -0.2) is 0 Å². The first-order chi connectivity index (χ1) is 8.24. The van der Waals surface area contributed by atoms with E-state index in [1.165, 1.54) is 0 Å². The molecule has 0 fully saturated rings. The number of hydrogen-bond donors (Lipinski definition) is 0. The van der Waals surface area contributed by atoms with Crippen molar-refractivity contribution < 1.29 is 4.74 Å². The van der Waals surface area contributed by atoms with Crippen LogP contribution in [-0.2, 0) is 0 Å². The minimum absolute atomic E-state index is 0.472. The number of rotatable bonds is 4. The Hall–Kier alpha value is -0.490. The summed E-state index contributed by atoms with van der Waals surface area (Å²) in [6.07, 6.45) is 1.95. The molecule has 0 saturated heterocycles. The standard InChI is InChI=1S/C10H8Cl2N2OS2/c1-16-5-15-10-9(13-17-14-10)8-6(11)3-2-4-7(8)12/h2-4H,5H2,1H3. The van der Waals surface area contributed by atoms with E-state index in [0.717, 1.165) is 11.7 Å². The average molecular weight is 307 g/mol. The second-order valence-electron chi connectivity index (χ2n) is 3.07. The summed E-state index contributed by atoms with van der Waals surface area (Å²) in [6.45, 7) is 0. The molecule has 1 aromatic heterocycles. The third kappa shape index (κ3) is 2.85. The topological polar surface area (TPSA) is 35.0 Å². The second kappa shape index (κ2) is 5.91. The van der Waals surface area contributed by atoms with Crippen LogP contribution in [-0.4, -0.2) is 20.9 Å². The zero-order valence-corrected chi connectivity index (χ0v) is 12.0. The van der Waals surface area contributed by atoms with Gasteiger partial charge in [-0.15, -0.1) is 16.1 Å². The molecule has 0 spiro atoms. The zero-order valence-electron chi connectivity index (χ0n) is 8.81. The molecule has 0 N–H and O–H groups in total. The maximum absolute atomic E-state index is 6.12. The molecule has 0 radical (unpaired) electrons. The lowest BCUT2D eigenvalue weighted by Gasteiger charge is -2.06. The van der Waals surface area contributed by atoms with Crippen LogP contribution < -0.4 is 4.74 Å². The van der Waals surface area contributed by atoms with Gasteiger partial charge in [-0.05, 0) is 18.4 Å². The Morgan fingerprint density at radius 3 is 2.65 bits per heavy atom. The van der Waals surface area contributed by atoms with E-state index in [4.69, 9.17) is 27.9 Å². The molecule has 0 saturated carbocycles. The molecule has 90 valence electrons. The molecule has 2 aromatic rings. The van der Waals surface area contributed by atoms with Gasteiger partial charge in [-0.1, -0.05) is 29.3 Å². The first-order valence-electron chi connectivity index (χ1n) is 4.62. The summed E-state index contributed by atoms with van der Waals surface area (Å²) >= 11 is 14.9. The van der Waals surface area contributed by atoms with Crippen LogP contribution in [0, 0.1) is 0 Å². The van der Waals surface area contributed by atoms with Gasteiger partial charge in [0.15, 0.2) is 5.69 Å². The molecule has 0 atom stereocenters. The predicted octanol–water partition coefficient (Wildman–Crippen LogP) is 4.21. The maximum atomic E-state index is 6.12. The van der Waals surface area contributed by atoms with Gasteiger partial charge in [0.05, 0.1) is 21.8 Å². The van der Waals surface area contributed by atoms with E-state index in [1.807, 2.05) is 6.26 Å². The lowest BCUT2D eigenvalue weighted by Crippen LogP contribution is -1.94. The van der Waals surface area contributed by atoms with Crippen LogP contribution in [0.1, 0.15) is 0 Å². The fraction of sp³-hybridized carbons (Fsp3) is 0.200. The molecule has 0 aliphatic rings. The summed E-state index contributed by atoms with van der Waals surface area (Å²) in [5, 5.41) is 1.08. The lowest BCUT2D eigenvalue weighted by atomic mass is 10.1. The number of thioether (sulfide) groups is 1. The number of aromatic nitrogens is 2. The molecule has 0 aliphatic heterocycles. The molecule has 1 heterocycles. The van der Waals surface area contributed by atoms with Crippen LogP contribution in [0.4, 0.5) is 0 Å². The van der Waals surface area contributed by atoms with Crippen molar-refractivity contribution in [3.05, 3.63) is 28.2 Å². The highest BCUT2D eigenvalue weighted by molar-refractivity contribution is 7.98. The van der Waals surface area contributed by atoms with Crippen LogP contribution in [0.15, 0.2) is 18.2 Å². The van der Waals surface area contributed by atoms with Gasteiger partial charge in [0.1, 0.15) is 5.94 Å². The summed E-state index contributed by atoms with van der Waals surface area (Å²) in [5.74, 6) is 0.986. The third-order valence-corrected chi connectivity index (χ3v) is 3.47. The highest BCUT2D eigenvalue weighted by atomic mass is 35.5. The van der Waals surface area contributed by atoms with Crippen molar-refractivity contribution in [3.8, 4) is 17.1 Å². The van der Waals surface area contributed by atoms with Crippen molar-refractivity contribution in [2.24, 2.45) is 0 Å². The summed E-state index contributed by atoms with van der Waals surface area (Å²) in [4.78, 5) is 0. The predicted molar refractivity (Wildman–Crippen MR) is 74.4 cm³/mol. The molecular formula is C10H8Cl2N2OS2. The molecule has 7 heteroatoms. The SMILES string of the molecule is CSCOc1nsnc1-c1c(Cl)cccc1Cl. The maximum Gasteiger partial charge on any atom is 0.254 e. The van der Waals surface area contributed by atoms with Gasteiger partial charge >= 0.3 is 0 Å². The number of halogens is 2. The normalized spacial score (nSPS) is 10.5. The van der Waals surface area contributed by atoms with E-state index in [1.54, 1.807) is 30.0 Å². The van der Waals surface area contributed by atoms with E-state index in [9.17, 15) is 0 Å². The molecule has 2 rings (SSSR count).